The number of nitrogens with zero attached hydrogens (tertiary/aromatic N) is 4. The summed E-state index contributed by atoms with van der Waals surface area (Å²) in [4.78, 5) is 28.3. The zero-order valence-corrected chi connectivity index (χ0v) is 17.8. The maximum absolute atomic E-state index is 13.0. The molecule has 0 saturated carbocycles. The number of imidazole rings is 1. The van der Waals surface area contributed by atoms with Gasteiger partial charge in [-0.1, -0.05) is 30.2 Å². The van der Waals surface area contributed by atoms with Gasteiger partial charge in [0.1, 0.15) is 5.82 Å². The highest BCUT2D eigenvalue weighted by Crippen LogP contribution is 2.32. The molecular weight excluding hydrogens is 418 g/mol. The lowest BCUT2D eigenvalue weighted by molar-refractivity contribution is -0.384. The first-order chi connectivity index (χ1) is 15.0. The number of benzene rings is 2. The van der Waals surface area contributed by atoms with Crippen LogP contribution in [0, 0.1) is 17.0 Å². The molecule has 1 fully saturated rings. The monoisotopic (exact) mass is 439 g/mol. The number of piperidine rings is 1. The topological polar surface area (TPSA) is 93.3 Å². The number of nitro groups is 1. The third kappa shape index (κ3) is 4.30. The highest BCUT2D eigenvalue weighted by molar-refractivity contribution is 6.33. The van der Waals surface area contributed by atoms with Crippen molar-refractivity contribution in [3.63, 3.8) is 0 Å². The van der Waals surface area contributed by atoms with E-state index in [-0.39, 0.29) is 11.6 Å². The maximum Gasteiger partial charge on any atom is 0.286 e. The van der Waals surface area contributed by atoms with Crippen molar-refractivity contribution in [3.05, 3.63) is 75.1 Å². The second-order valence-corrected chi connectivity index (χ2v) is 7.85. The van der Waals surface area contributed by atoms with Crippen molar-refractivity contribution in [1.82, 2.24) is 20.0 Å². The summed E-state index contributed by atoms with van der Waals surface area (Å²) >= 11 is 6.43. The summed E-state index contributed by atoms with van der Waals surface area (Å²) in [7, 11) is 0. The molecule has 0 spiro atoms. The van der Waals surface area contributed by atoms with E-state index in [9.17, 15) is 14.9 Å². The van der Waals surface area contributed by atoms with Crippen molar-refractivity contribution < 1.29 is 9.72 Å². The second kappa shape index (κ2) is 8.87. The molecule has 31 heavy (non-hydrogen) atoms. The van der Waals surface area contributed by atoms with Gasteiger partial charge in [-0.25, -0.2) is 9.99 Å². The van der Waals surface area contributed by atoms with Crippen LogP contribution in [0.2, 0.25) is 5.02 Å². The van der Waals surface area contributed by atoms with Crippen LogP contribution in [0.1, 0.15) is 35.4 Å². The lowest BCUT2D eigenvalue weighted by Gasteiger charge is -2.26. The van der Waals surface area contributed by atoms with Gasteiger partial charge in [-0.2, -0.15) is 0 Å². The van der Waals surface area contributed by atoms with Crippen LogP contribution >= 0.6 is 11.6 Å². The zero-order chi connectivity index (χ0) is 22.0. The van der Waals surface area contributed by atoms with Gasteiger partial charge in [0.05, 0.1) is 15.6 Å². The molecule has 4 rings (SSSR count). The molecule has 1 aromatic heterocycles. The van der Waals surface area contributed by atoms with Crippen molar-refractivity contribution in [2.45, 2.75) is 26.2 Å². The van der Waals surface area contributed by atoms with E-state index in [0.717, 1.165) is 32.4 Å². The highest BCUT2D eigenvalue weighted by atomic mass is 35.5. The molecule has 1 aliphatic heterocycles. The average molecular weight is 440 g/mol. The summed E-state index contributed by atoms with van der Waals surface area (Å²) in [6.07, 6.45) is 3.25. The molecule has 1 saturated heterocycles. The van der Waals surface area contributed by atoms with Crippen LogP contribution < -0.4 is 5.43 Å². The van der Waals surface area contributed by atoms with Crippen molar-refractivity contribution in [2.24, 2.45) is 0 Å². The first kappa shape index (κ1) is 21.0. The zero-order valence-electron chi connectivity index (χ0n) is 17.0. The molecule has 0 aliphatic carbocycles. The standard InChI is InChI=1S/C22H22ClN5O3/c1-15-20(22(29)25-26-13-5-2-6-14-26)24-21(18-7-3-4-8-19(18)23)27(15)16-9-11-17(12-10-16)28(30)31/h3-4,7-12H,2,5-6,13-14H2,1H3,(H,25,29). The summed E-state index contributed by atoms with van der Waals surface area (Å²) < 4.78 is 1.80. The van der Waals surface area contributed by atoms with Gasteiger partial charge in [-0.3, -0.25) is 24.9 Å². The Morgan fingerprint density at radius 2 is 1.77 bits per heavy atom. The molecule has 0 bridgehead atoms. The number of aromatic nitrogens is 2. The van der Waals surface area contributed by atoms with Crippen LogP contribution in [-0.2, 0) is 0 Å². The smallest absolute Gasteiger partial charge is 0.286 e. The molecule has 9 heteroatoms. The average Bonchev–Trinajstić information content (AvgIpc) is 3.12. The highest BCUT2D eigenvalue weighted by Gasteiger charge is 2.24. The number of hydrogen-bond donors (Lipinski definition) is 1. The lowest BCUT2D eigenvalue weighted by Crippen LogP contribution is -2.45. The Kier molecular flexibility index (Phi) is 6.01. The molecular formula is C22H22ClN5O3. The Labute approximate surface area is 184 Å². The van der Waals surface area contributed by atoms with Crippen molar-refractivity contribution in [1.29, 1.82) is 0 Å². The molecule has 160 valence electrons. The number of carbonyl (C=O) groups excluding carboxylic acids is 1. The van der Waals surface area contributed by atoms with Crippen molar-refractivity contribution in [2.75, 3.05) is 13.1 Å². The van der Waals surface area contributed by atoms with Gasteiger partial charge in [-0.05, 0) is 44.0 Å². The van der Waals surface area contributed by atoms with Gasteiger partial charge in [0, 0.05) is 36.5 Å². The minimum atomic E-state index is -0.447. The second-order valence-electron chi connectivity index (χ2n) is 7.45. The van der Waals surface area contributed by atoms with E-state index < -0.39 is 4.92 Å². The molecule has 1 aliphatic rings. The molecule has 1 N–H and O–H groups in total. The first-order valence-corrected chi connectivity index (χ1v) is 10.5. The van der Waals surface area contributed by atoms with E-state index in [1.165, 1.54) is 12.1 Å². The van der Waals surface area contributed by atoms with E-state index in [1.54, 1.807) is 29.7 Å². The van der Waals surface area contributed by atoms with Crippen LogP contribution in [0.5, 0.6) is 0 Å². The molecule has 0 radical (unpaired) electrons. The number of halogens is 1. The van der Waals surface area contributed by atoms with Gasteiger partial charge in [0.2, 0.25) is 0 Å². The number of hydrazine groups is 1. The number of nitrogens with one attached hydrogen (secondary N) is 1. The lowest BCUT2D eigenvalue weighted by atomic mass is 10.2. The Morgan fingerprint density at radius 1 is 1.10 bits per heavy atom. The van der Waals surface area contributed by atoms with E-state index in [2.05, 4.69) is 10.4 Å². The van der Waals surface area contributed by atoms with Crippen molar-refractivity contribution in [3.8, 4) is 17.1 Å². The Hall–Kier alpha value is -3.23. The maximum atomic E-state index is 13.0. The fourth-order valence-electron chi connectivity index (χ4n) is 3.78. The van der Waals surface area contributed by atoms with Gasteiger partial charge in [-0.15, -0.1) is 0 Å². The first-order valence-electron chi connectivity index (χ1n) is 10.1. The Bertz CT molecular complexity index is 1120. The summed E-state index contributed by atoms with van der Waals surface area (Å²) in [6, 6.07) is 13.4. The molecule has 3 aromatic rings. The largest absolute Gasteiger partial charge is 0.296 e. The number of non-ortho nitro benzene ring substituents is 1. The van der Waals surface area contributed by atoms with E-state index in [4.69, 9.17) is 11.6 Å². The van der Waals surface area contributed by atoms with E-state index in [0.29, 0.717) is 33.5 Å². The number of carbonyl (C=O) groups is 1. The number of amides is 1. The Morgan fingerprint density at radius 3 is 2.42 bits per heavy atom. The number of hydrogen-bond acceptors (Lipinski definition) is 5. The third-order valence-electron chi connectivity index (χ3n) is 5.37. The van der Waals surface area contributed by atoms with Crippen LogP contribution in [-0.4, -0.2) is 38.5 Å². The van der Waals surface area contributed by atoms with Crippen molar-refractivity contribution >= 4 is 23.2 Å². The molecule has 8 nitrogen and oxygen atoms in total. The molecule has 0 atom stereocenters. The molecule has 0 unspecified atom stereocenters. The normalized spacial score (nSPS) is 14.4. The van der Waals surface area contributed by atoms with Gasteiger partial charge < -0.3 is 0 Å². The fraction of sp³-hybridized carbons (Fsp3) is 0.273. The SMILES string of the molecule is Cc1c(C(=O)NN2CCCCC2)nc(-c2ccccc2Cl)n1-c1ccc([N+](=O)[O-])cc1. The summed E-state index contributed by atoms with van der Waals surface area (Å²) in [5.41, 5.74) is 5.18. The van der Waals surface area contributed by atoms with Crippen LogP contribution in [0.3, 0.4) is 0 Å². The van der Waals surface area contributed by atoms with E-state index >= 15 is 0 Å². The molecule has 2 heterocycles. The van der Waals surface area contributed by atoms with Crippen LogP contribution in [0.25, 0.3) is 17.1 Å². The number of rotatable bonds is 5. The predicted octanol–water partition coefficient (Wildman–Crippen LogP) is 4.54. The summed E-state index contributed by atoms with van der Waals surface area (Å²) in [5.74, 6) is 0.217. The quantitative estimate of drug-likeness (QED) is 0.465. The predicted molar refractivity (Wildman–Crippen MR) is 118 cm³/mol. The minimum absolute atomic E-state index is 0.0103. The third-order valence-corrected chi connectivity index (χ3v) is 5.70. The van der Waals surface area contributed by atoms with Crippen LogP contribution in [0.15, 0.2) is 48.5 Å². The van der Waals surface area contributed by atoms with Gasteiger partial charge in [0.25, 0.3) is 11.6 Å². The minimum Gasteiger partial charge on any atom is -0.296 e. The molecule has 2 aromatic carbocycles. The fourth-order valence-corrected chi connectivity index (χ4v) is 4.00. The van der Waals surface area contributed by atoms with Crippen LogP contribution in [0.4, 0.5) is 5.69 Å². The summed E-state index contributed by atoms with van der Waals surface area (Å²) in [6.45, 7) is 3.43. The van der Waals surface area contributed by atoms with E-state index in [1.807, 2.05) is 23.2 Å². The Balaban J connectivity index is 1.79. The van der Waals surface area contributed by atoms with Gasteiger partial charge >= 0.3 is 0 Å². The number of nitro benzene ring substituents is 1. The van der Waals surface area contributed by atoms with Gasteiger partial charge in [0.15, 0.2) is 5.69 Å². The summed E-state index contributed by atoms with van der Waals surface area (Å²) in [5, 5.41) is 13.5. The molecule has 1 amide bonds.